The molecule has 2 aliphatic rings. The van der Waals surface area contributed by atoms with E-state index in [1.54, 1.807) is 24.0 Å². The second-order valence-electron chi connectivity index (χ2n) is 5.72. The number of piperidine rings is 1. The van der Waals surface area contributed by atoms with Gasteiger partial charge in [0.1, 0.15) is 0 Å². The number of anilines is 1. The van der Waals surface area contributed by atoms with E-state index in [0.29, 0.717) is 23.9 Å². The number of hydrogen-bond donors (Lipinski definition) is 1. The van der Waals surface area contributed by atoms with Crippen LogP contribution >= 0.6 is 0 Å². The molecule has 2 atom stereocenters. The van der Waals surface area contributed by atoms with E-state index in [4.69, 9.17) is 0 Å². The summed E-state index contributed by atoms with van der Waals surface area (Å²) in [7, 11) is 1.79. The molecule has 0 aliphatic carbocycles. The van der Waals surface area contributed by atoms with Crippen molar-refractivity contribution in [1.29, 1.82) is 0 Å². The Bertz CT molecular complexity index is 500. The van der Waals surface area contributed by atoms with Crippen molar-refractivity contribution in [3.05, 3.63) is 22.7 Å². The van der Waals surface area contributed by atoms with Crippen molar-refractivity contribution >= 4 is 5.82 Å². The Morgan fingerprint density at radius 2 is 2.11 bits per heavy atom. The molecule has 0 radical (unpaired) electrons. The van der Waals surface area contributed by atoms with Gasteiger partial charge < -0.3 is 14.8 Å². The molecule has 2 bridgehead atoms. The summed E-state index contributed by atoms with van der Waals surface area (Å²) in [6.07, 6.45) is 8.24. The molecule has 1 N–H and O–H groups in total. The smallest absolute Gasteiger partial charge is 0.293 e. The van der Waals surface area contributed by atoms with Crippen molar-refractivity contribution in [3.8, 4) is 0 Å². The first-order valence-corrected chi connectivity index (χ1v) is 7.23. The van der Waals surface area contributed by atoms with Crippen LogP contribution in [-0.2, 0) is 7.05 Å². The number of aryl methyl sites for hydroxylation is 1. The Labute approximate surface area is 113 Å². The third-order valence-electron chi connectivity index (χ3n) is 4.50. The molecule has 0 aromatic carbocycles. The van der Waals surface area contributed by atoms with E-state index in [0.717, 1.165) is 19.4 Å². The molecule has 2 aliphatic heterocycles. The van der Waals surface area contributed by atoms with Gasteiger partial charge in [0.05, 0.1) is 0 Å². The lowest BCUT2D eigenvalue weighted by molar-refractivity contribution is 0.347. The summed E-state index contributed by atoms with van der Waals surface area (Å²) >= 11 is 0. The first-order chi connectivity index (χ1) is 9.19. The summed E-state index contributed by atoms with van der Waals surface area (Å²) in [4.78, 5) is 18.8. The number of rotatable bonds is 3. The number of fused-ring (bicyclic) bond motifs is 2. The summed E-state index contributed by atoms with van der Waals surface area (Å²) in [6.45, 7) is 2.95. The summed E-state index contributed by atoms with van der Waals surface area (Å²) < 4.78 is 1.61. The molecule has 0 spiro atoms. The zero-order valence-corrected chi connectivity index (χ0v) is 11.7. The highest BCUT2D eigenvalue weighted by molar-refractivity contribution is 5.37. The lowest BCUT2D eigenvalue weighted by Crippen LogP contribution is -2.50. The van der Waals surface area contributed by atoms with Gasteiger partial charge in [-0.2, -0.15) is 0 Å². The summed E-state index contributed by atoms with van der Waals surface area (Å²) in [5, 5.41) is 3.65. The Kier molecular flexibility index (Phi) is 3.31. The predicted octanol–water partition coefficient (Wildman–Crippen LogP) is 0.890. The van der Waals surface area contributed by atoms with Crippen LogP contribution in [0.1, 0.15) is 32.6 Å². The van der Waals surface area contributed by atoms with E-state index in [2.05, 4.69) is 22.1 Å². The first-order valence-electron chi connectivity index (χ1n) is 7.23. The third-order valence-corrected chi connectivity index (χ3v) is 4.50. The minimum atomic E-state index is 0.00947. The van der Waals surface area contributed by atoms with E-state index < -0.39 is 0 Å². The molecule has 2 saturated heterocycles. The fourth-order valence-electron chi connectivity index (χ4n) is 3.54. The molecule has 3 rings (SSSR count). The molecule has 1 aromatic heterocycles. The molecule has 19 heavy (non-hydrogen) atoms. The lowest BCUT2D eigenvalue weighted by Gasteiger charge is -2.37. The van der Waals surface area contributed by atoms with Gasteiger partial charge in [-0.15, -0.1) is 0 Å². The highest BCUT2D eigenvalue weighted by Gasteiger charge is 2.36. The van der Waals surface area contributed by atoms with E-state index in [1.165, 1.54) is 12.8 Å². The fourth-order valence-corrected chi connectivity index (χ4v) is 3.54. The Morgan fingerprint density at radius 1 is 1.42 bits per heavy atom. The maximum absolute atomic E-state index is 12.2. The zero-order chi connectivity index (χ0) is 13.4. The Morgan fingerprint density at radius 3 is 2.74 bits per heavy atom. The highest BCUT2D eigenvalue weighted by atomic mass is 16.1. The van der Waals surface area contributed by atoms with Gasteiger partial charge in [-0.05, 0) is 32.6 Å². The van der Waals surface area contributed by atoms with Gasteiger partial charge in [0, 0.05) is 44.1 Å². The lowest BCUT2D eigenvalue weighted by atomic mass is 9.98. The minimum absolute atomic E-state index is 0.00947. The Balaban J connectivity index is 1.88. The summed E-state index contributed by atoms with van der Waals surface area (Å²) in [5.41, 5.74) is 0.00947. The van der Waals surface area contributed by atoms with Gasteiger partial charge in [-0.25, -0.2) is 4.98 Å². The standard InChI is InChI=1S/C14H22N4O/c1-3-18(13-14(19)17(2)7-6-15-13)12-8-10-4-5-11(9-12)16-10/h6-7,10-12,16H,3-5,8-9H2,1-2H3. The molecule has 0 saturated carbocycles. The normalized spacial score (nSPS) is 29.5. The van der Waals surface area contributed by atoms with Gasteiger partial charge in [0.15, 0.2) is 5.82 Å². The molecule has 2 unspecified atom stereocenters. The van der Waals surface area contributed by atoms with Crippen LogP contribution in [0.25, 0.3) is 0 Å². The minimum Gasteiger partial charge on any atom is -0.349 e. The molecule has 5 nitrogen and oxygen atoms in total. The fraction of sp³-hybridized carbons (Fsp3) is 0.714. The summed E-state index contributed by atoms with van der Waals surface area (Å²) in [6, 6.07) is 1.71. The molecular formula is C14H22N4O. The van der Waals surface area contributed by atoms with Gasteiger partial charge >= 0.3 is 0 Å². The van der Waals surface area contributed by atoms with Gasteiger partial charge in [-0.3, -0.25) is 4.79 Å². The number of aromatic nitrogens is 2. The van der Waals surface area contributed by atoms with Gasteiger partial charge in [0.2, 0.25) is 0 Å². The van der Waals surface area contributed by atoms with Crippen molar-refractivity contribution in [2.75, 3.05) is 11.4 Å². The number of nitrogens with zero attached hydrogens (tertiary/aromatic N) is 3. The molecule has 1 aromatic rings. The Hall–Kier alpha value is -1.36. The van der Waals surface area contributed by atoms with Crippen LogP contribution in [0.4, 0.5) is 5.82 Å². The van der Waals surface area contributed by atoms with Crippen LogP contribution in [0.15, 0.2) is 17.2 Å². The van der Waals surface area contributed by atoms with Gasteiger partial charge in [0.25, 0.3) is 5.56 Å². The maximum Gasteiger partial charge on any atom is 0.293 e. The van der Waals surface area contributed by atoms with E-state index in [9.17, 15) is 4.79 Å². The van der Waals surface area contributed by atoms with Crippen LogP contribution < -0.4 is 15.8 Å². The van der Waals surface area contributed by atoms with Crippen molar-refractivity contribution < 1.29 is 0 Å². The van der Waals surface area contributed by atoms with Crippen molar-refractivity contribution in [1.82, 2.24) is 14.9 Å². The van der Waals surface area contributed by atoms with Crippen molar-refractivity contribution in [3.63, 3.8) is 0 Å². The van der Waals surface area contributed by atoms with Crippen molar-refractivity contribution in [2.24, 2.45) is 7.05 Å². The summed E-state index contributed by atoms with van der Waals surface area (Å²) in [5.74, 6) is 0.610. The van der Waals surface area contributed by atoms with Crippen LogP contribution in [0.2, 0.25) is 0 Å². The molecule has 104 valence electrons. The average Bonchev–Trinajstić information content (AvgIpc) is 2.74. The van der Waals surface area contributed by atoms with Crippen LogP contribution in [0.5, 0.6) is 0 Å². The van der Waals surface area contributed by atoms with Gasteiger partial charge in [-0.1, -0.05) is 0 Å². The second-order valence-corrected chi connectivity index (χ2v) is 5.72. The predicted molar refractivity (Wildman–Crippen MR) is 75.5 cm³/mol. The second kappa shape index (κ2) is 4.96. The molecule has 5 heteroatoms. The number of nitrogens with one attached hydrogen (secondary N) is 1. The molecular weight excluding hydrogens is 240 g/mol. The third kappa shape index (κ3) is 2.27. The largest absolute Gasteiger partial charge is 0.349 e. The SMILES string of the molecule is CCN(c1nccn(C)c1=O)C1CC2CCC(C1)N2. The van der Waals surface area contributed by atoms with Crippen LogP contribution in [0.3, 0.4) is 0 Å². The maximum atomic E-state index is 12.2. The average molecular weight is 262 g/mol. The molecule has 0 amide bonds. The van der Waals surface area contributed by atoms with E-state index in [-0.39, 0.29) is 5.56 Å². The highest BCUT2D eigenvalue weighted by Crippen LogP contribution is 2.30. The zero-order valence-electron chi connectivity index (χ0n) is 11.7. The molecule has 3 heterocycles. The monoisotopic (exact) mass is 262 g/mol. The van der Waals surface area contributed by atoms with E-state index in [1.807, 2.05) is 0 Å². The van der Waals surface area contributed by atoms with Crippen molar-refractivity contribution in [2.45, 2.75) is 50.7 Å². The van der Waals surface area contributed by atoms with Crippen LogP contribution in [-0.4, -0.2) is 34.2 Å². The quantitative estimate of drug-likeness (QED) is 0.879. The number of hydrogen-bond acceptors (Lipinski definition) is 4. The first kappa shape index (κ1) is 12.7. The molecule has 2 fully saturated rings. The van der Waals surface area contributed by atoms with E-state index >= 15 is 0 Å². The van der Waals surface area contributed by atoms with Crippen LogP contribution in [0, 0.1) is 0 Å². The topological polar surface area (TPSA) is 50.2 Å².